The minimum atomic E-state index is -1.01. The predicted octanol–water partition coefficient (Wildman–Crippen LogP) is 14.7. The minimum Gasteiger partial charge on any atom is -0.480 e. The Kier molecular flexibility index (Phi) is 44.4. The van der Waals surface area contributed by atoms with Crippen LogP contribution in [0.5, 0.6) is 0 Å². The first-order valence-electron chi connectivity index (χ1n) is 24.8. The third-order valence-electron chi connectivity index (χ3n) is 10.8. The molecule has 60 heavy (non-hydrogen) atoms. The Morgan fingerprint density at radius 3 is 1.32 bits per heavy atom. The molecule has 0 aliphatic rings. The summed E-state index contributed by atoms with van der Waals surface area (Å²) in [5.74, 6) is -1.32. The van der Waals surface area contributed by atoms with E-state index in [4.69, 9.17) is 10.5 Å². The summed E-state index contributed by atoms with van der Waals surface area (Å²) >= 11 is 0. The summed E-state index contributed by atoms with van der Waals surface area (Å²) in [5.41, 5.74) is 5.50. The molecule has 4 N–H and O–H groups in total. The van der Waals surface area contributed by atoms with Crippen molar-refractivity contribution in [2.24, 2.45) is 5.73 Å². The largest absolute Gasteiger partial charge is 0.480 e. The lowest BCUT2D eigenvalue weighted by molar-refractivity contribution is -0.149. The second kappa shape index (κ2) is 46.9. The highest BCUT2D eigenvalue weighted by Crippen LogP contribution is 2.19. The van der Waals surface area contributed by atoms with Gasteiger partial charge in [-0.25, -0.2) is 4.79 Å². The number of carbonyl (C=O) groups is 3. The van der Waals surface area contributed by atoms with E-state index in [0.717, 1.165) is 89.9 Å². The summed E-state index contributed by atoms with van der Waals surface area (Å²) in [6, 6.07) is -0.865. The van der Waals surface area contributed by atoms with Gasteiger partial charge in [0.2, 0.25) is 5.91 Å². The fourth-order valence-electron chi connectivity index (χ4n) is 7.12. The quantitative estimate of drug-likeness (QED) is 0.0319. The van der Waals surface area contributed by atoms with Crippen LogP contribution in [-0.2, 0) is 19.1 Å². The number of aliphatic carboxylic acids is 1. The molecule has 344 valence electrons. The van der Waals surface area contributed by atoms with Crippen LogP contribution in [0.4, 0.5) is 0 Å². The maximum atomic E-state index is 12.8. The Morgan fingerprint density at radius 1 is 0.500 bits per heavy atom. The smallest absolute Gasteiger partial charge is 0.326 e. The number of unbranched alkanes of at least 4 members (excludes halogenated alkanes) is 18. The fourth-order valence-corrected chi connectivity index (χ4v) is 7.12. The monoisotopic (exact) mass is 837 g/mol. The molecule has 7 nitrogen and oxygen atoms in total. The number of esters is 1. The number of allylic oxidation sites excluding steroid dienone is 12. The minimum absolute atomic E-state index is 0.0306. The van der Waals surface area contributed by atoms with Crippen LogP contribution in [0, 0.1) is 0 Å². The van der Waals surface area contributed by atoms with Gasteiger partial charge in [-0.05, 0) is 96.4 Å². The Hall–Kier alpha value is -3.19. The number of carboxylic acids is 1. The number of nitrogens with two attached hydrogens (primary N) is 1. The molecule has 0 aliphatic heterocycles. The van der Waals surface area contributed by atoms with Gasteiger partial charge in [0.05, 0.1) is 0 Å². The average Bonchev–Trinajstić information content (AvgIpc) is 3.23. The van der Waals surface area contributed by atoms with Gasteiger partial charge in [0, 0.05) is 12.8 Å². The number of hydrogen-bond acceptors (Lipinski definition) is 5. The highest BCUT2D eigenvalue weighted by molar-refractivity contribution is 5.83. The third kappa shape index (κ3) is 42.9. The second-order valence-electron chi connectivity index (χ2n) is 16.5. The highest BCUT2D eigenvalue weighted by Gasteiger charge is 2.19. The van der Waals surface area contributed by atoms with Gasteiger partial charge >= 0.3 is 11.9 Å². The summed E-state index contributed by atoms with van der Waals surface area (Å²) < 4.78 is 6.04. The molecular formula is C53H92N2O5. The van der Waals surface area contributed by atoms with Crippen molar-refractivity contribution in [3.8, 4) is 0 Å². The van der Waals surface area contributed by atoms with E-state index in [0.29, 0.717) is 38.6 Å². The maximum absolute atomic E-state index is 12.8. The van der Waals surface area contributed by atoms with E-state index in [9.17, 15) is 19.5 Å². The van der Waals surface area contributed by atoms with Crippen LogP contribution in [0.15, 0.2) is 72.9 Å². The second-order valence-corrected chi connectivity index (χ2v) is 16.5. The molecule has 0 fully saturated rings. The van der Waals surface area contributed by atoms with E-state index >= 15 is 0 Å². The molecule has 0 aromatic carbocycles. The lowest BCUT2D eigenvalue weighted by Crippen LogP contribution is -2.40. The molecule has 0 bridgehead atoms. The van der Waals surface area contributed by atoms with E-state index in [1.165, 1.54) is 89.9 Å². The van der Waals surface area contributed by atoms with E-state index in [1.54, 1.807) is 0 Å². The van der Waals surface area contributed by atoms with E-state index < -0.39 is 12.0 Å². The molecule has 0 aromatic rings. The molecule has 0 rings (SSSR count). The highest BCUT2D eigenvalue weighted by atomic mass is 16.5. The van der Waals surface area contributed by atoms with Crippen molar-refractivity contribution in [2.75, 3.05) is 6.54 Å². The van der Waals surface area contributed by atoms with Crippen molar-refractivity contribution in [3.63, 3.8) is 0 Å². The number of nitrogens with one attached hydrogen (secondary N) is 1. The van der Waals surface area contributed by atoms with Gasteiger partial charge in [-0.1, -0.05) is 196 Å². The summed E-state index contributed by atoms with van der Waals surface area (Å²) in [5, 5.41) is 12.0. The topological polar surface area (TPSA) is 119 Å². The number of carbonyl (C=O) groups excluding carboxylic acids is 2. The predicted molar refractivity (Wildman–Crippen MR) is 257 cm³/mol. The summed E-state index contributed by atoms with van der Waals surface area (Å²) in [7, 11) is 0. The zero-order chi connectivity index (χ0) is 43.8. The zero-order valence-electron chi connectivity index (χ0n) is 38.8. The van der Waals surface area contributed by atoms with E-state index in [2.05, 4.69) is 92.1 Å². The molecule has 0 radical (unpaired) electrons. The number of hydrogen-bond donors (Lipinski definition) is 3. The first-order chi connectivity index (χ1) is 29.4. The summed E-state index contributed by atoms with van der Waals surface area (Å²) in [4.78, 5) is 36.5. The zero-order valence-corrected chi connectivity index (χ0v) is 38.8. The Morgan fingerprint density at radius 2 is 0.900 bits per heavy atom. The Labute approximate surface area is 369 Å². The van der Waals surface area contributed by atoms with Gasteiger partial charge in [0.1, 0.15) is 12.1 Å². The van der Waals surface area contributed by atoms with Gasteiger partial charge in [0.25, 0.3) is 0 Å². The molecule has 0 saturated carbocycles. The number of rotatable bonds is 44. The molecule has 7 heteroatoms. The van der Waals surface area contributed by atoms with Crippen LogP contribution in [0.1, 0.15) is 226 Å². The van der Waals surface area contributed by atoms with Gasteiger partial charge in [-0.3, -0.25) is 9.59 Å². The normalized spacial score (nSPS) is 13.2. The van der Waals surface area contributed by atoms with Crippen molar-refractivity contribution in [2.45, 2.75) is 238 Å². The fraction of sp³-hybridized carbons (Fsp3) is 0.717. The van der Waals surface area contributed by atoms with Crippen LogP contribution >= 0.6 is 0 Å². The number of amides is 1. The molecule has 0 heterocycles. The van der Waals surface area contributed by atoms with E-state index in [1.807, 2.05) is 0 Å². The SMILES string of the molecule is CC/C=C\C/C=C\C/C=C\C/C=C\C/C=C\C/C=C\CCC(=O)OC(CCCCCCCCCCCCCCCCC)CCCCCCCC(=O)NC(CCCN)C(=O)O. The lowest BCUT2D eigenvalue weighted by atomic mass is 10.0. The van der Waals surface area contributed by atoms with Crippen molar-refractivity contribution >= 4 is 17.8 Å². The molecule has 2 unspecified atom stereocenters. The molecular weight excluding hydrogens is 745 g/mol. The molecule has 0 saturated heterocycles. The summed E-state index contributed by atoms with van der Waals surface area (Å²) in [6.07, 6.45) is 61.0. The van der Waals surface area contributed by atoms with Crippen LogP contribution in [0.25, 0.3) is 0 Å². The standard InChI is InChI=1S/C53H92N2O5/c1-3-5-7-9-11-13-15-17-19-20-21-22-24-26-28-30-32-37-41-47-52(57)60-49(43-38-34-31-29-27-25-23-18-16-14-12-10-8-6-4-2)44-39-35-33-36-40-46-51(56)55-50(53(58)59)45-42-48-54/h5,7,11,13,17,19,21-22,26,28,32,37,49-50H,3-4,6,8-10,12,14-16,18,20,23-25,27,29-31,33-36,38-48,54H2,1-2H3,(H,55,56)(H,58,59)/b7-5-,13-11-,19-17-,22-21-,28-26-,37-32-. The molecule has 0 aliphatic carbocycles. The summed E-state index contributed by atoms with van der Waals surface area (Å²) in [6.45, 7) is 4.84. The maximum Gasteiger partial charge on any atom is 0.326 e. The van der Waals surface area contributed by atoms with Gasteiger partial charge in [0.15, 0.2) is 0 Å². The van der Waals surface area contributed by atoms with Crippen molar-refractivity contribution < 1.29 is 24.2 Å². The third-order valence-corrected chi connectivity index (χ3v) is 10.8. The molecule has 0 spiro atoms. The first kappa shape index (κ1) is 56.8. The van der Waals surface area contributed by atoms with Crippen LogP contribution in [0.2, 0.25) is 0 Å². The van der Waals surface area contributed by atoms with Crippen molar-refractivity contribution in [1.82, 2.24) is 5.32 Å². The van der Waals surface area contributed by atoms with Crippen LogP contribution in [0.3, 0.4) is 0 Å². The molecule has 2 atom stereocenters. The van der Waals surface area contributed by atoms with Gasteiger partial charge in [-0.2, -0.15) is 0 Å². The number of carboxylic acid groups (broad SMARTS) is 1. The Balaban J connectivity index is 4.45. The lowest BCUT2D eigenvalue weighted by Gasteiger charge is -2.18. The van der Waals surface area contributed by atoms with E-state index in [-0.39, 0.29) is 18.0 Å². The first-order valence-corrected chi connectivity index (χ1v) is 24.8. The van der Waals surface area contributed by atoms with Crippen LogP contribution in [-0.4, -0.2) is 41.6 Å². The Bertz CT molecular complexity index is 1170. The van der Waals surface area contributed by atoms with Gasteiger partial charge in [-0.15, -0.1) is 0 Å². The molecule has 1 amide bonds. The van der Waals surface area contributed by atoms with Crippen molar-refractivity contribution in [1.29, 1.82) is 0 Å². The van der Waals surface area contributed by atoms with Crippen molar-refractivity contribution in [3.05, 3.63) is 72.9 Å². The average molecular weight is 837 g/mol. The molecule has 0 aromatic heterocycles. The van der Waals surface area contributed by atoms with Crippen LogP contribution < -0.4 is 11.1 Å². The van der Waals surface area contributed by atoms with Gasteiger partial charge < -0.3 is 20.9 Å². The number of ether oxygens (including phenoxy) is 1.